The Bertz CT molecular complexity index is 1140. The lowest BCUT2D eigenvalue weighted by atomic mass is 10.0. The lowest BCUT2D eigenvalue weighted by Gasteiger charge is -2.16. The number of aliphatic hydroxyl groups is 1. The zero-order chi connectivity index (χ0) is 25.4. The zero-order valence-corrected chi connectivity index (χ0v) is 19.0. The molecule has 184 valence electrons. The number of rotatable bonds is 11. The minimum atomic E-state index is -1.23. The van der Waals surface area contributed by atoms with Crippen molar-refractivity contribution in [1.29, 1.82) is 0 Å². The van der Waals surface area contributed by atoms with Crippen molar-refractivity contribution in [2.75, 3.05) is 11.9 Å². The molecule has 1 heterocycles. The molecule has 3 rings (SSSR count). The molecule has 1 aliphatic rings. The summed E-state index contributed by atoms with van der Waals surface area (Å²) in [5.41, 5.74) is 12.5. The minimum Gasteiger partial charge on any atom is -0.480 e. The van der Waals surface area contributed by atoms with E-state index in [4.69, 9.17) is 11.5 Å². The van der Waals surface area contributed by atoms with Gasteiger partial charge in [0.1, 0.15) is 17.9 Å². The maximum Gasteiger partial charge on any atom is 0.326 e. The number of nitrogens with two attached hydrogens (primary N) is 2. The molecular formula is C24H28N6O5. The van der Waals surface area contributed by atoms with Gasteiger partial charge in [0, 0.05) is 30.6 Å². The van der Waals surface area contributed by atoms with Crippen LogP contribution in [-0.2, 0) is 20.8 Å². The largest absolute Gasteiger partial charge is 0.480 e. The van der Waals surface area contributed by atoms with Gasteiger partial charge in [-0.15, -0.1) is 0 Å². The minimum absolute atomic E-state index is 0.0103. The highest BCUT2D eigenvalue weighted by Crippen LogP contribution is 2.33. The van der Waals surface area contributed by atoms with E-state index in [0.29, 0.717) is 48.3 Å². The molecule has 0 spiro atoms. The van der Waals surface area contributed by atoms with Crippen LogP contribution in [0.3, 0.4) is 0 Å². The summed E-state index contributed by atoms with van der Waals surface area (Å²) in [6.07, 6.45) is 0.425. The fraction of sp³-hybridized carbons (Fsp3) is 0.292. The number of carboxylic acid groups (broad SMARTS) is 1. The number of amides is 2. The highest BCUT2D eigenvalue weighted by molar-refractivity contribution is 6.42. The molecule has 11 heteroatoms. The molecule has 2 aromatic carbocycles. The maximum atomic E-state index is 12.6. The number of nitrogens with one attached hydrogen (secondary N) is 2. The lowest BCUT2D eigenvalue weighted by molar-refractivity contribution is -0.141. The van der Waals surface area contributed by atoms with Crippen molar-refractivity contribution in [2.24, 2.45) is 21.5 Å². The summed E-state index contributed by atoms with van der Waals surface area (Å²) >= 11 is 0. The summed E-state index contributed by atoms with van der Waals surface area (Å²) < 4.78 is 0. The Morgan fingerprint density at radius 3 is 2.43 bits per heavy atom. The molecule has 35 heavy (non-hydrogen) atoms. The molecule has 0 saturated carbocycles. The van der Waals surface area contributed by atoms with Crippen molar-refractivity contribution >= 4 is 40.8 Å². The number of nitrogens with zero attached hydrogens (tertiary/aromatic N) is 2. The molecule has 2 unspecified atom stereocenters. The first kappa shape index (κ1) is 25.4. The van der Waals surface area contributed by atoms with E-state index in [9.17, 15) is 24.6 Å². The van der Waals surface area contributed by atoms with E-state index in [1.54, 1.807) is 48.5 Å². The van der Waals surface area contributed by atoms with Gasteiger partial charge in [0.15, 0.2) is 5.96 Å². The molecule has 2 aromatic rings. The van der Waals surface area contributed by atoms with Crippen LogP contribution in [-0.4, -0.2) is 52.3 Å². The van der Waals surface area contributed by atoms with Gasteiger partial charge in [0.2, 0.25) is 5.91 Å². The van der Waals surface area contributed by atoms with E-state index in [1.165, 1.54) is 0 Å². The van der Waals surface area contributed by atoms with Gasteiger partial charge >= 0.3 is 5.97 Å². The molecular weight excluding hydrogens is 452 g/mol. The number of aliphatic carboxylic acids is 1. The van der Waals surface area contributed by atoms with Crippen LogP contribution in [0.25, 0.3) is 0 Å². The summed E-state index contributed by atoms with van der Waals surface area (Å²) in [4.78, 5) is 44.4. The van der Waals surface area contributed by atoms with Crippen LogP contribution < -0.4 is 22.1 Å². The number of hydrogen-bond donors (Lipinski definition) is 6. The van der Waals surface area contributed by atoms with Crippen molar-refractivity contribution in [3.8, 4) is 0 Å². The first-order valence-corrected chi connectivity index (χ1v) is 11.1. The van der Waals surface area contributed by atoms with E-state index in [2.05, 4.69) is 20.6 Å². The SMILES string of the molecule is NC(N)=NCCCCC(=O)Nc1ccc(CC(NC(=O)C2=Nc3ccccc3C2O)C(=O)O)cc1. The molecule has 0 aliphatic carbocycles. The second kappa shape index (κ2) is 11.7. The van der Waals surface area contributed by atoms with E-state index < -0.39 is 24.0 Å². The highest BCUT2D eigenvalue weighted by Gasteiger charge is 2.32. The van der Waals surface area contributed by atoms with Gasteiger partial charge in [-0.2, -0.15) is 0 Å². The molecule has 0 radical (unpaired) electrons. The molecule has 0 bridgehead atoms. The second-order valence-electron chi connectivity index (χ2n) is 8.04. The number of guanidine groups is 1. The fourth-order valence-electron chi connectivity index (χ4n) is 3.55. The average Bonchev–Trinajstić information content (AvgIpc) is 3.16. The zero-order valence-electron chi connectivity index (χ0n) is 19.0. The quantitative estimate of drug-likeness (QED) is 0.157. The normalized spacial score (nSPS) is 14.9. The third kappa shape index (κ3) is 7.11. The molecule has 0 aromatic heterocycles. The van der Waals surface area contributed by atoms with Crippen LogP contribution in [0.2, 0.25) is 0 Å². The number of para-hydroxylation sites is 1. The number of fused-ring (bicyclic) bond motifs is 1. The summed E-state index contributed by atoms with van der Waals surface area (Å²) in [6.45, 7) is 0.463. The predicted molar refractivity (Wildman–Crippen MR) is 131 cm³/mol. The number of carbonyl (C=O) groups excluding carboxylic acids is 2. The fourth-order valence-corrected chi connectivity index (χ4v) is 3.55. The van der Waals surface area contributed by atoms with E-state index in [0.717, 1.165) is 0 Å². The molecule has 0 fully saturated rings. The van der Waals surface area contributed by atoms with Crippen LogP contribution in [0.4, 0.5) is 11.4 Å². The second-order valence-corrected chi connectivity index (χ2v) is 8.04. The number of anilines is 1. The predicted octanol–water partition coefficient (Wildman–Crippen LogP) is 1.00. The Labute approximate surface area is 202 Å². The number of aliphatic hydroxyl groups excluding tert-OH is 1. The monoisotopic (exact) mass is 480 g/mol. The third-order valence-electron chi connectivity index (χ3n) is 5.35. The summed E-state index contributed by atoms with van der Waals surface area (Å²) in [7, 11) is 0. The van der Waals surface area contributed by atoms with Crippen molar-refractivity contribution in [3.63, 3.8) is 0 Å². The van der Waals surface area contributed by atoms with Crippen LogP contribution >= 0.6 is 0 Å². The van der Waals surface area contributed by atoms with Gasteiger partial charge in [-0.05, 0) is 36.6 Å². The summed E-state index contributed by atoms with van der Waals surface area (Å²) in [5, 5.41) is 25.2. The van der Waals surface area contributed by atoms with Crippen molar-refractivity contribution in [2.45, 2.75) is 37.8 Å². The number of unbranched alkanes of at least 4 members (excludes halogenated alkanes) is 1. The van der Waals surface area contributed by atoms with Crippen molar-refractivity contribution < 1.29 is 24.6 Å². The number of benzene rings is 2. The van der Waals surface area contributed by atoms with Crippen LogP contribution in [0.1, 0.15) is 36.5 Å². The molecule has 8 N–H and O–H groups in total. The van der Waals surface area contributed by atoms with Gasteiger partial charge in [0.25, 0.3) is 5.91 Å². The highest BCUT2D eigenvalue weighted by atomic mass is 16.4. The summed E-state index contributed by atoms with van der Waals surface area (Å²) in [5.74, 6) is -2.10. The molecule has 1 aliphatic heterocycles. The Hall–Kier alpha value is -4.25. The van der Waals surface area contributed by atoms with Crippen molar-refractivity contribution in [1.82, 2.24) is 5.32 Å². The number of hydrogen-bond acceptors (Lipinski definition) is 6. The Morgan fingerprint density at radius 1 is 1.06 bits per heavy atom. The number of carbonyl (C=O) groups is 3. The Morgan fingerprint density at radius 2 is 1.77 bits per heavy atom. The van der Waals surface area contributed by atoms with E-state index in [-0.39, 0.29) is 24.0 Å². The van der Waals surface area contributed by atoms with Gasteiger partial charge in [-0.25, -0.2) is 9.79 Å². The standard InChI is InChI=1S/C24H28N6O5/c25-24(26)27-12-4-3-7-19(31)28-15-10-8-14(9-11-15)13-18(23(34)35)30-22(33)20-21(32)16-5-1-2-6-17(16)29-20/h1-2,5-6,8-11,18,21,32H,3-4,7,12-13H2,(H,28,31)(H,30,33)(H,34,35)(H4,25,26,27). The summed E-state index contributed by atoms with van der Waals surface area (Å²) in [6, 6.07) is 12.2. The first-order valence-electron chi connectivity index (χ1n) is 11.1. The van der Waals surface area contributed by atoms with Gasteiger partial charge in [-0.3, -0.25) is 14.6 Å². The topological polar surface area (TPSA) is 192 Å². The first-order chi connectivity index (χ1) is 16.7. The Kier molecular flexibility index (Phi) is 8.52. The number of carboxylic acids is 1. The number of aliphatic imine (C=N–C) groups is 2. The van der Waals surface area contributed by atoms with Gasteiger partial charge in [0.05, 0.1) is 5.69 Å². The van der Waals surface area contributed by atoms with Gasteiger partial charge in [-0.1, -0.05) is 30.3 Å². The lowest BCUT2D eigenvalue weighted by Crippen LogP contribution is -2.46. The molecule has 2 amide bonds. The van der Waals surface area contributed by atoms with Gasteiger partial charge < -0.3 is 32.3 Å². The van der Waals surface area contributed by atoms with Crippen LogP contribution in [0.15, 0.2) is 58.5 Å². The molecule has 0 saturated heterocycles. The van der Waals surface area contributed by atoms with Crippen LogP contribution in [0.5, 0.6) is 0 Å². The smallest absolute Gasteiger partial charge is 0.326 e. The molecule has 11 nitrogen and oxygen atoms in total. The third-order valence-corrected chi connectivity index (χ3v) is 5.35. The van der Waals surface area contributed by atoms with Crippen molar-refractivity contribution in [3.05, 3.63) is 59.7 Å². The van der Waals surface area contributed by atoms with Crippen LogP contribution in [0, 0.1) is 0 Å². The average molecular weight is 481 g/mol. The molecule has 2 atom stereocenters. The van der Waals surface area contributed by atoms with E-state index in [1.807, 2.05) is 0 Å². The van der Waals surface area contributed by atoms with E-state index >= 15 is 0 Å². The Balaban J connectivity index is 1.52. The maximum absolute atomic E-state index is 12.6.